The highest BCUT2D eigenvalue weighted by atomic mass is 32.2. The van der Waals surface area contributed by atoms with E-state index >= 15 is 0 Å². The third-order valence-corrected chi connectivity index (χ3v) is 8.39. The van der Waals surface area contributed by atoms with Crippen LogP contribution in [0.3, 0.4) is 0 Å². The van der Waals surface area contributed by atoms with Gasteiger partial charge in [-0.25, -0.2) is 14.5 Å². The zero-order chi connectivity index (χ0) is 33.0. The van der Waals surface area contributed by atoms with Gasteiger partial charge in [0.1, 0.15) is 12.1 Å². The summed E-state index contributed by atoms with van der Waals surface area (Å²) in [5.41, 5.74) is 5.08. The van der Waals surface area contributed by atoms with Crippen molar-refractivity contribution in [3.63, 3.8) is 0 Å². The van der Waals surface area contributed by atoms with E-state index in [0.717, 1.165) is 34.4 Å². The van der Waals surface area contributed by atoms with Gasteiger partial charge in [0.15, 0.2) is 11.0 Å². The summed E-state index contributed by atoms with van der Waals surface area (Å²) in [4.78, 5) is 35.9. The highest BCUT2D eigenvalue weighted by molar-refractivity contribution is 8.15. The minimum Gasteiger partial charge on any atom is -0.406 e. The largest absolute Gasteiger partial charge is 0.573 e. The molecule has 3 aromatic carbocycles. The molecule has 4 aromatic rings. The molecule has 1 aliphatic heterocycles. The van der Waals surface area contributed by atoms with Crippen molar-refractivity contribution in [3.8, 4) is 22.8 Å². The van der Waals surface area contributed by atoms with Gasteiger partial charge in [0.2, 0.25) is 5.91 Å². The molecule has 0 bridgehead atoms. The molecule has 1 aliphatic rings. The number of thioether (sulfide) groups is 1. The summed E-state index contributed by atoms with van der Waals surface area (Å²) in [5.74, 6) is 0.440. The first-order chi connectivity index (χ1) is 21.9. The molecule has 1 N–H and O–H groups in total. The topological polar surface area (TPSA) is 102 Å². The Bertz CT molecular complexity index is 1740. The van der Waals surface area contributed by atoms with Crippen LogP contribution in [0.15, 0.2) is 78.0 Å². The van der Waals surface area contributed by atoms with Crippen LogP contribution in [-0.4, -0.2) is 50.5 Å². The van der Waals surface area contributed by atoms with Crippen molar-refractivity contribution in [2.24, 2.45) is 4.99 Å². The second-order valence-electron chi connectivity index (χ2n) is 11.1. The van der Waals surface area contributed by atoms with Gasteiger partial charge < -0.3 is 10.1 Å². The molecule has 46 heavy (non-hydrogen) atoms. The fourth-order valence-corrected chi connectivity index (χ4v) is 5.94. The Kier molecular flexibility index (Phi) is 9.80. The maximum absolute atomic E-state index is 12.9. The summed E-state index contributed by atoms with van der Waals surface area (Å²) in [5, 5.41) is 7.72. The Labute approximate surface area is 268 Å². The number of halogens is 3. The lowest BCUT2D eigenvalue weighted by atomic mass is 9.95. The summed E-state index contributed by atoms with van der Waals surface area (Å²) in [7, 11) is 0. The Morgan fingerprint density at radius 2 is 1.80 bits per heavy atom. The molecular formula is C33H33F3N6O3S. The van der Waals surface area contributed by atoms with E-state index in [1.54, 1.807) is 4.90 Å². The highest BCUT2D eigenvalue weighted by Gasteiger charge is 2.33. The number of anilines is 1. The molecule has 1 saturated heterocycles. The number of hydrogen-bond donors (Lipinski definition) is 1. The van der Waals surface area contributed by atoms with Gasteiger partial charge in [0.25, 0.3) is 0 Å². The summed E-state index contributed by atoms with van der Waals surface area (Å²) in [6.45, 7) is 8.48. The van der Waals surface area contributed by atoms with Crippen molar-refractivity contribution in [2.75, 3.05) is 17.2 Å². The molecular weight excluding hydrogens is 617 g/mol. The van der Waals surface area contributed by atoms with Gasteiger partial charge in [-0.3, -0.25) is 9.69 Å². The SMILES string of the molecule is CCC(CNC(=O)N=C1SCC(=O)N1c1cc(C)ccc1C(C)C)c1ccc(-c2ncn(-c3ccc(OC(F)(F)F)cc3)n2)cc1. The second kappa shape index (κ2) is 13.8. The summed E-state index contributed by atoms with van der Waals surface area (Å²) in [6.07, 6.45) is -2.52. The lowest BCUT2D eigenvalue weighted by molar-refractivity contribution is -0.274. The van der Waals surface area contributed by atoms with Gasteiger partial charge in [-0.15, -0.1) is 18.3 Å². The third-order valence-electron chi connectivity index (χ3n) is 7.47. The molecule has 1 unspecified atom stereocenters. The smallest absolute Gasteiger partial charge is 0.406 e. The molecule has 1 fully saturated rings. The molecule has 3 amide bonds. The predicted molar refractivity (Wildman–Crippen MR) is 173 cm³/mol. The number of alkyl halides is 3. The van der Waals surface area contributed by atoms with Crippen LogP contribution in [0.4, 0.5) is 23.7 Å². The molecule has 240 valence electrons. The van der Waals surface area contributed by atoms with Gasteiger partial charge in [-0.05, 0) is 66.3 Å². The van der Waals surface area contributed by atoms with Crippen LogP contribution in [0.5, 0.6) is 5.75 Å². The minimum absolute atomic E-state index is 0.0134. The molecule has 0 saturated carbocycles. The van der Waals surface area contributed by atoms with Crippen LogP contribution in [0.1, 0.15) is 55.7 Å². The van der Waals surface area contributed by atoms with E-state index in [4.69, 9.17) is 0 Å². The van der Waals surface area contributed by atoms with E-state index < -0.39 is 12.4 Å². The molecule has 0 spiro atoms. The first kappa shape index (κ1) is 32.7. The molecule has 5 rings (SSSR count). The van der Waals surface area contributed by atoms with Gasteiger partial charge in [0.05, 0.1) is 17.1 Å². The van der Waals surface area contributed by atoms with Crippen LogP contribution in [0, 0.1) is 6.92 Å². The molecule has 1 aromatic heterocycles. The van der Waals surface area contributed by atoms with E-state index in [1.165, 1.54) is 47.0 Å². The zero-order valence-corrected chi connectivity index (χ0v) is 26.5. The summed E-state index contributed by atoms with van der Waals surface area (Å²) >= 11 is 1.25. The second-order valence-corrected chi connectivity index (χ2v) is 12.0. The van der Waals surface area contributed by atoms with Crippen LogP contribution in [0.2, 0.25) is 0 Å². The highest BCUT2D eigenvalue weighted by Crippen LogP contribution is 2.34. The molecule has 13 heteroatoms. The van der Waals surface area contributed by atoms with E-state index in [-0.39, 0.29) is 29.2 Å². The third kappa shape index (κ3) is 7.76. The van der Waals surface area contributed by atoms with Crippen LogP contribution >= 0.6 is 11.8 Å². The van der Waals surface area contributed by atoms with Crippen molar-refractivity contribution in [3.05, 3.63) is 89.7 Å². The van der Waals surface area contributed by atoms with E-state index in [1.807, 2.05) is 56.3 Å². The van der Waals surface area contributed by atoms with Crippen molar-refractivity contribution in [1.82, 2.24) is 20.1 Å². The number of aryl methyl sites for hydroxylation is 1. The van der Waals surface area contributed by atoms with Gasteiger partial charge in [0, 0.05) is 18.0 Å². The number of aliphatic imine (C=N–C) groups is 1. The average Bonchev–Trinajstić information content (AvgIpc) is 3.64. The Morgan fingerprint density at radius 1 is 1.09 bits per heavy atom. The first-order valence-electron chi connectivity index (χ1n) is 14.7. The number of carbonyl (C=O) groups is 2. The van der Waals surface area contributed by atoms with Crippen molar-refractivity contribution in [1.29, 1.82) is 0 Å². The minimum atomic E-state index is -4.76. The zero-order valence-electron chi connectivity index (χ0n) is 25.7. The number of carbonyl (C=O) groups excluding carboxylic acids is 2. The fraction of sp³-hybridized carbons (Fsp3) is 0.303. The van der Waals surface area contributed by atoms with Crippen molar-refractivity contribution >= 4 is 34.6 Å². The van der Waals surface area contributed by atoms with E-state index in [2.05, 4.69) is 39.0 Å². The quantitative estimate of drug-likeness (QED) is 0.200. The molecule has 2 heterocycles. The number of hydrogen-bond acceptors (Lipinski definition) is 6. The molecule has 1 atom stereocenters. The predicted octanol–water partition coefficient (Wildman–Crippen LogP) is 7.60. The maximum atomic E-state index is 12.9. The van der Waals surface area contributed by atoms with Crippen molar-refractivity contribution < 1.29 is 27.5 Å². The number of nitrogens with zero attached hydrogens (tertiary/aromatic N) is 5. The van der Waals surface area contributed by atoms with Crippen LogP contribution in [-0.2, 0) is 4.79 Å². The first-order valence-corrected chi connectivity index (χ1v) is 15.7. The number of amidine groups is 1. The number of benzene rings is 3. The lowest BCUT2D eigenvalue weighted by Crippen LogP contribution is -2.33. The Morgan fingerprint density at radius 3 is 2.46 bits per heavy atom. The monoisotopic (exact) mass is 650 g/mol. The molecule has 0 radical (unpaired) electrons. The Balaban J connectivity index is 1.23. The maximum Gasteiger partial charge on any atom is 0.573 e. The number of rotatable bonds is 9. The molecule has 9 nitrogen and oxygen atoms in total. The lowest BCUT2D eigenvalue weighted by Gasteiger charge is -2.22. The average molecular weight is 651 g/mol. The van der Waals surface area contributed by atoms with E-state index in [9.17, 15) is 22.8 Å². The van der Waals surface area contributed by atoms with Crippen molar-refractivity contribution in [2.45, 2.75) is 52.3 Å². The number of amides is 3. The van der Waals surface area contributed by atoms with Crippen LogP contribution in [0.25, 0.3) is 17.1 Å². The van der Waals surface area contributed by atoms with Gasteiger partial charge >= 0.3 is 12.4 Å². The molecule has 0 aliphatic carbocycles. The van der Waals surface area contributed by atoms with Crippen LogP contribution < -0.4 is 15.0 Å². The number of nitrogens with one attached hydrogen (secondary N) is 1. The summed E-state index contributed by atoms with van der Waals surface area (Å²) < 4.78 is 42.7. The number of aromatic nitrogens is 3. The fourth-order valence-electron chi connectivity index (χ4n) is 5.08. The summed E-state index contributed by atoms with van der Waals surface area (Å²) in [6, 6.07) is 18.5. The Hall–Kier alpha value is -4.65. The van der Waals surface area contributed by atoms with E-state index in [0.29, 0.717) is 23.2 Å². The standard InChI is InChI=1S/C33H33F3N6O3S/c1-5-22(17-37-31(44)39-32-42(29(43)18-46-32)28-16-21(4)6-15-27(28)20(2)3)23-7-9-24(10-8-23)30-38-19-41(40-30)25-11-13-26(14-12-25)45-33(34,35)36/h6-16,19-20,22H,5,17-18H2,1-4H3,(H,37,44). The van der Waals surface area contributed by atoms with Gasteiger partial charge in [-0.1, -0.05) is 68.9 Å². The van der Waals surface area contributed by atoms with Gasteiger partial charge in [-0.2, -0.15) is 4.99 Å². The normalized spacial score (nSPS) is 15.1. The number of urea groups is 1. The number of ether oxygens (including phenoxy) is 1.